The summed E-state index contributed by atoms with van der Waals surface area (Å²) < 4.78 is 13.7. The molecule has 0 radical (unpaired) electrons. The smallest absolute Gasteiger partial charge is 0.307 e. The monoisotopic (exact) mass is 320 g/mol. The highest BCUT2D eigenvalue weighted by Gasteiger charge is 2.13. The van der Waals surface area contributed by atoms with Crippen LogP contribution in [0, 0.1) is 5.82 Å². The summed E-state index contributed by atoms with van der Waals surface area (Å²) in [5, 5.41) is 5.37. The van der Waals surface area contributed by atoms with Crippen LogP contribution in [0.15, 0.2) is 42.5 Å². The summed E-state index contributed by atoms with van der Waals surface area (Å²) in [4.78, 5) is 12.1. The lowest BCUT2D eigenvalue weighted by Gasteiger charge is -2.16. The van der Waals surface area contributed by atoms with Crippen LogP contribution in [0.3, 0.4) is 0 Å². The van der Waals surface area contributed by atoms with Crippen LogP contribution < -0.4 is 10.6 Å². The number of nitrogens with one attached hydrogen (secondary N) is 2. The highest BCUT2D eigenvalue weighted by Crippen LogP contribution is 2.28. The van der Waals surface area contributed by atoms with E-state index in [1.165, 1.54) is 18.2 Å². The van der Waals surface area contributed by atoms with Crippen molar-refractivity contribution >= 4 is 29.0 Å². The number of rotatable bonds is 4. The van der Waals surface area contributed by atoms with Gasteiger partial charge in [0.25, 0.3) is 0 Å². The van der Waals surface area contributed by atoms with Gasteiger partial charge in [-0.3, -0.25) is 0 Å². The Bertz CT molecular complexity index is 655. The van der Waals surface area contributed by atoms with Crippen LogP contribution >= 0.6 is 11.6 Å². The standard InChI is InChI=1S/C17H18ClFN2O/c1-3-11(2)12-7-4-5-10-15(12)20-17(22)21-16-13(18)8-6-9-14(16)19/h4-11H,3H2,1-2H3,(H2,20,21,22). The van der Waals surface area contributed by atoms with Crippen LogP contribution in [-0.4, -0.2) is 6.03 Å². The largest absolute Gasteiger partial charge is 0.323 e. The molecule has 2 amide bonds. The number of hydrogen-bond acceptors (Lipinski definition) is 1. The first-order chi connectivity index (χ1) is 10.5. The summed E-state index contributed by atoms with van der Waals surface area (Å²) in [5.41, 5.74) is 1.73. The Labute approximate surface area is 134 Å². The zero-order valence-electron chi connectivity index (χ0n) is 12.5. The highest BCUT2D eigenvalue weighted by molar-refractivity contribution is 6.33. The van der Waals surface area contributed by atoms with Crippen molar-refractivity contribution in [1.82, 2.24) is 0 Å². The molecule has 0 spiro atoms. The van der Waals surface area contributed by atoms with E-state index in [1.54, 1.807) is 0 Å². The Hall–Kier alpha value is -2.07. The molecule has 0 heterocycles. The second kappa shape index (κ2) is 7.27. The number of amides is 2. The van der Waals surface area contributed by atoms with Gasteiger partial charge in [-0.2, -0.15) is 0 Å². The molecule has 2 aromatic rings. The van der Waals surface area contributed by atoms with E-state index in [9.17, 15) is 9.18 Å². The number of urea groups is 1. The number of halogens is 2. The van der Waals surface area contributed by atoms with Gasteiger partial charge in [0.2, 0.25) is 0 Å². The van der Waals surface area contributed by atoms with Crippen molar-refractivity contribution < 1.29 is 9.18 Å². The number of carbonyl (C=O) groups is 1. The zero-order valence-corrected chi connectivity index (χ0v) is 13.2. The summed E-state index contributed by atoms with van der Waals surface area (Å²) in [6.07, 6.45) is 0.958. The van der Waals surface area contributed by atoms with E-state index in [4.69, 9.17) is 11.6 Å². The van der Waals surface area contributed by atoms with E-state index in [1.807, 2.05) is 24.3 Å². The van der Waals surface area contributed by atoms with Crippen molar-refractivity contribution in [1.29, 1.82) is 0 Å². The van der Waals surface area contributed by atoms with Crippen LogP contribution in [0.2, 0.25) is 5.02 Å². The fraction of sp³-hybridized carbons (Fsp3) is 0.235. The van der Waals surface area contributed by atoms with Gasteiger partial charge < -0.3 is 10.6 Å². The maximum Gasteiger partial charge on any atom is 0.323 e. The van der Waals surface area contributed by atoms with Crippen molar-refractivity contribution in [2.75, 3.05) is 10.6 Å². The van der Waals surface area contributed by atoms with Crippen molar-refractivity contribution in [3.8, 4) is 0 Å². The normalized spacial score (nSPS) is 11.8. The summed E-state index contributed by atoms with van der Waals surface area (Å²) in [5.74, 6) is -0.258. The molecule has 0 bridgehead atoms. The van der Waals surface area contributed by atoms with Gasteiger partial charge in [0.1, 0.15) is 5.82 Å². The molecule has 0 aromatic heterocycles. The lowest BCUT2D eigenvalue weighted by molar-refractivity contribution is 0.262. The minimum absolute atomic E-state index is 0.0253. The molecule has 2 aromatic carbocycles. The Kier molecular flexibility index (Phi) is 5.39. The topological polar surface area (TPSA) is 41.1 Å². The molecule has 116 valence electrons. The van der Waals surface area contributed by atoms with Crippen LogP contribution in [0.4, 0.5) is 20.6 Å². The Morgan fingerprint density at radius 2 is 1.91 bits per heavy atom. The Morgan fingerprint density at radius 1 is 1.18 bits per heavy atom. The van der Waals surface area contributed by atoms with Crippen molar-refractivity contribution in [3.63, 3.8) is 0 Å². The van der Waals surface area contributed by atoms with Gasteiger partial charge in [0.05, 0.1) is 10.7 Å². The molecule has 3 nitrogen and oxygen atoms in total. The van der Waals surface area contributed by atoms with E-state index in [2.05, 4.69) is 24.5 Å². The molecule has 1 atom stereocenters. The molecule has 0 aliphatic rings. The first kappa shape index (κ1) is 16.3. The quantitative estimate of drug-likeness (QED) is 0.752. The zero-order chi connectivity index (χ0) is 16.1. The molecule has 5 heteroatoms. The average Bonchev–Trinajstić information content (AvgIpc) is 2.51. The van der Waals surface area contributed by atoms with Crippen molar-refractivity contribution in [2.24, 2.45) is 0 Å². The molecule has 0 aliphatic carbocycles. The van der Waals surface area contributed by atoms with Gasteiger partial charge in [-0.1, -0.05) is 49.7 Å². The third-order valence-corrected chi connectivity index (χ3v) is 3.87. The van der Waals surface area contributed by atoms with E-state index >= 15 is 0 Å². The fourth-order valence-corrected chi connectivity index (χ4v) is 2.36. The molecular formula is C17H18ClFN2O. The lowest BCUT2D eigenvalue weighted by Crippen LogP contribution is -2.21. The highest BCUT2D eigenvalue weighted by atomic mass is 35.5. The summed E-state index contributed by atoms with van der Waals surface area (Å²) in [6, 6.07) is 11.3. The van der Waals surface area contributed by atoms with Crippen LogP contribution in [-0.2, 0) is 0 Å². The number of benzene rings is 2. The summed E-state index contributed by atoms with van der Waals surface area (Å²) >= 11 is 5.90. The first-order valence-corrected chi connectivity index (χ1v) is 7.51. The second-order valence-corrected chi connectivity index (χ2v) is 5.48. The summed E-state index contributed by atoms with van der Waals surface area (Å²) in [7, 11) is 0. The molecule has 1 unspecified atom stereocenters. The molecule has 22 heavy (non-hydrogen) atoms. The van der Waals surface area contributed by atoms with Gasteiger partial charge >= 0.3 is 6.03 Å². The van der Waals surface area contributed by atoms with Gasteiger partial charge in [-0.15, -0.1) is 0 Å². The maximum atomic E-state index is 13.7. The van der Waals surface area contributed by atoms with Gasteiger partial charge in [-0.05, 0) is 36.1 Å². The third kappa shape index (κ3) is 3.77. The SMILES string of the molecule is CCC(C)c1ccccc1NC(=O)Nc1c(F)cccc1Cl. The van der Waals surface area contributed by atoms with E-state index in [-0.39, 0.29) is 10.7 Å². The molecule has 0 saturated carbocycles. The molecular weight excluding hydrogens is 303 g/mol. The molecule has 0 fully saturated rings. The molecule has 0 aliphatic heterocycles. The number of hydrogen-bond donors (Lipinski definition) is 2. The lowest BCUT2D eigenvalue weighted by atomic mass is 9.97. The predicted octanol–water partition coefficient (Wildman–Crippen LogP) is 5.64. The second-order valence-electron chi connectivity index (χ2n) is 5.07. The van der Waals surface area contributed by atoms with Gasteiger partial charge in [0.15, 0.2) is 0 Å². The predicted molar refractivity (Wildman–Crippen MR) is 89.2 cm³/mol. The molecule has 2 rings (SSSR count). The van der Waals surface area contributed by atoms with E-state index < -0.39 is 11.8 Å². The van der Waals surface area contributed by atoms with Gasteiger partial charge in [0, 0.05) is 5.69 Å². The Morgan fingerprint density at radius 3 is 2.59 bits per heavy atom. The van der Waals surface area contributed by atoms with E-state index in [0.717, 1.165) is 12.0 Å². The third-order valence-electron chi connectivity index (χ3n) is 3.55. The van der Waals surface area contributed by atoms with Crippen LogP contribution in [0.1, 0.15) is 31.7 Å². The van der Waals surface area contributed by atoms with Crippen LogP contribution in [0.25, 0.3) is 0 Å². The minimum Gasteiger partial charge on any atom is -0.307 e. The number of para-hydroxylation sites is 2. The Balaban J connectivity index is 2.16. The van der Waals surface area contributed by atoms with E-state index in [0.29, 0.717) is 11.6 Å². The molecule has 2 N–H and O–H groups in total. The van der Waals surface area contributed by atoms with Crippen molar-refractivity contribution in [3.05, 3.63) is 58.9 Å². The maximum absolute atomic E-state index is 13.7. The fourth-order valence-electron chi connectivity index (χ4n) is 2.14. The molecule has 0 saturated heterocycles. The number of anilines is 2. The first-order valence-electron chi connectivity index (χ1n) is 7.13. The number of carbonyl (C=O) groups excluding carboxylic acids is 1. The van der Waals surface area contributed by atoms with Crippen LogP contribution in [0.5, 0.6) is 0 Å². The minimum atomic E-state index is -0.571. The van der Waals surface area contributed by atoms with Crippen molar-refractivity contribution in [2.45, 2.75) is 26.2 Å². The van der Waals surface area contributed by atoms with Gasteiger partial charge in [-0.25, -0.2) is 9.18 Å². The average molecular weight is 321 g/mol. The summed E-state index contributed by atoms with van der Waals surface area (Å²) in [6.45, 7) is 4.17.